The third-order valence-electron chi connectivity index (χ3n) is 4.75. The van der Waals surface area contributed by atoms with Gasteiger partial charge in [0.15, 0.2) is 0 Å². The van der Waals surface area contributed by atoms with Crippen LogP contribution in [0.15, 0.2) is 24.4 Å². The van der Waals surface area contributed by atoms with Crippen LogP contribution >= 0.6 is 0 Å². The molecule has 1 saturated carbocycles. The molecule has 3 heterocycles. The molecule has 2 aliphatic rings. The molecule has 0 atom stereocenters. The number of rotatable bonds is 4. The molecule has 4 rings (SSSR count). The number of nitrogens with zero attached hydrogens (tertiary/aromatic N) is 6. The SMILES string of the molecule is N#Cc1ccc(N2CCN(c3cc(C(F)F)nc(C4CC4)n3)CC2)cn1. The quantitative estimate of drug-likeness (QED) is 0.839. The zero-order valence-corrected chi connectivity index (χ0v) is 14.1. The van der Waals surface area contributed by atoms with E-state index < -0.39 is 6.43 Å². The fourth-order valence-corrected chi connectivity index (χ4v) is 3.10. The van der Waals surface area contributed by atoms with E-state index in [2.05, 4.69) is 19.9 Å². The van der Waals surface area contributed by atoms with Crippen LogP contribution in [-0.2, 0) is 0 Å². The van der Waals surface area contributed by atoms with E-state index in [-0.39, 0.29) is 11.6 Å². The van der Waals surface area contributed by atoms with Crippen LogP contribution in [0.5, 0.6) is 0 Å². The first kappa shape index (κ1) is 16.6. The molecule has 8 heteroatoms. The molecule has 0 spiro atoms. The summed E-state index contributed by atoms with van der Waals surface area (Å²) < 4.78 is 26.4. The molecule has 0 radical (unpaired) electrons. The fourth-order valence-electron chi connectivity index (χ4n) is 3.10. The lowest BCUT2D eigenvalue weighted by molar-refractivity contribution is 0.145. The van der Waals surface area contributed by atoms with E-state index in [1.807, 2.05) is 17.0 Å². The maximum atomic E-state index is 13.2. The Balaban J connectivity index is 1.48. The number of nitriles is 1. The lowest BCUT2D eigenvalue weighted by atomic mass is 10.2. The summed E-state index contributed by atoms with van der Waals surface area (Å²) in [6.45, 7) is 2.84. The minimum atomic E-state index is -2.58. The number of hydrogen-bond donors (Lipinski definition) is 0. The van der Waals surface area contributed by atoms with Crippen LogP contribution in [0.2, 0.25) is 0 Å². The van der Waals surface area contributed by atoms with Crippen LogP contribution in [0.4, 0.5) is 20.3 Å². The second-order valence-corrected chi connectivity index (χ2v) is 6.57. The molecule has 0 amide bonds. The van der Waals surface area contributed by atoms with Gasteiger partial charge in [-0.25, -0.2) is 23.7 Å². The van der Waals surface area contributed by atoms with Crippen molar-refractivity contribution in [1.82, 2.24) is 15.0 Å². The lowest BCUT2D eigenvalue weighted by Gasteiger charge is -2.36. The van der Waals surface area contributed by atoms with Crippen molar-refractivity contribution in [2.24, 2.45) is 0 Å². The number of halogens is 2. The smallest absolute Gasteiger partial charge is 0.280 e. The van der Waals surface area contributed by atoms with Crippen molar-refractivity contribution in [2.45, 2.75) is 25.2 Å². The summed E-state index contributed by atoms with van der Waals surface area (Å²) in [6.07, 6.45) is 1.07. The van der Waals surface area contributed by atoms with Crippen LogP contribution in [-0.4, -0.2) is 41.1 Å². The molecular weight excluding hydrogens is 338 g/mol. The van der Waals surface area contributed by atoms with Gasteiger partial charge in [-0.1, -0.05) is 0 Å². The average molecular weight is 356 g/mol. The maximum Gasteiger partial charge on any atom is 0.280 e. The highest BCUT2D eigenvalue weighted by molar-refractivity contribution is 5.49. The van der Waals surface area contributed by atoms with Gasteiger partial charge in [-0.3, -0.25) is 0 Å². The normalized spacial score (nSPS) is 17.5. The maximum absolute atomic E-state index is 13.2. The standard InChI is InChI=1S/C18H18F2N6/c19-17(20)15-9-16(24-18(23-15)12-1-2-12)26-7-5-25(6-8-26)14-4-3-13(10-21)22-11-14/h3-4,9,11-12,17H,1-2,5-8H2. The summed E-state index contributed by atoms with van der Waals surface area (Å²) in [5.41, 5.74) is 1.16. The molecule has 2 aromatic heterocycles. The summed E-state index contributed by atoms with van der Waals surface area (Å²) >= 11 is 0. The van der Waals surface area contributed by atoms with Crippen LogP contribution < -0.4 is 9.80 Å². The van der Waals surface area contributed by atoms with Gasteiger partial charge in [0, 0.05) is 38.2 Å². The molecule has 0 unspecified atom stereocenters. The molecule has 6 nitrogen and oxygen atoms in total. The topological polar surface area (TPSA) is 68.9 Å². The van der Waals surface area contributed by atoms with Crippen molar-refractivity contribution in [3.8, 4) is 6.07 Å². The molecular formula is C18H18F2N6. The third-order valence-corrected chi connectivity index (χ3v) is 4.75. The number of hydrogen-bond acceptors (Lipinski definition) is 6. The largest absolute Gasteiger partial charge is 0.367 e. The van der Waals surface area contributed by atoms with E-state index in [4.69, 9.17) is 5.26 Å². The van der Waals surface area contributed by atoms with E-state index in [0.29, 0.717) is 30.4 Å². The molecule has 0 aromatic carbocycles. The molecule has 134 valence electrons. The van der Waals surface area contributed by atoms with Gasteiger partial charge < -0.3 is 9.80 Å². The highest BCUT2D eigenvalue weighted by Gasteiger charge is 2.29. The molecule has 1 aliphatic heterocycles. The zero-order chi connectivity index (χ0) is 18.1. The highest BCUT2D eigenvalue weighted by atomic mass is 19.3. The first-order valence-electron chi connectivity index (χ1n) is 8.67. The van der Waals surface area contributed by atoms with Gasteiger partial charge in [0.2, 0.25) is 0 Å². The van der Waals surface area contributed by atoms with E-state index in [1.54, 1.807) is 12.3 Å². The van der Waals surface area contributed by atoms with Gasteiger partial charge in [0.1, 0.15) is 29.1 Å². The van der Waals surface area contributed by atoms with Crippen molar-refractivity contribution in [3.63, 3.8) is 0 Å². The minimum Gasteiger partial charge on any atom is -0.367 e. The Morgan fingerprint density at radius 2 is 1.81 bits per heavy atom. The number of pyridine rings is 1. The molecule has 26 heavy (non-hydrogen) atoms. The Morgan fingerprint density at radius 3 is 2.38 bits per heavy atom. The molecule has 2 fully saturated rings. The van der Waals surface area contributed by atoms with E-state index >= 15 is 0 Å². The molecule has 0 N–H and O–H groups in total. The van der Waals surface area contributed by atoms with Gasteiger partial charge in [0.05, 0.1) is 11.9 Å². The van der Waals surface area contributed by atoms with Crippen molar-refractivity contribution in [3.05, 3.63) is 41.6 Å². The van der Waals surface area contributed by atoms with Crippen LogP contribution in [0.25, 0.3) is 0 Å². The van der Waals surface area contributed by atoms with Crippen molar-refractivity contribution in [2.75, 3.05) is 36.0 Å². The average Bonchev–Trinajstić information content (AvgIpc) is 3.53. The lowest BCUT2D eigenvalue weighted by Crippen LogP contribution is -2.47. The summed E-state index contributed by atoms with van der Waals surface area (Å²) in [7, 11) is 0. The van der Waals surface area contributed by atoms with Crippen LogP contribution in [0.1, 0.15) is 42.4 Å². The first-order chi connectivity index (χ1) is 12.6. The second-order valence-electron chi connectivity index (χ2n) is 6.57. The van der Waals surface area contributed by atoms with Crippen molar-refractivity contribution < 1.29 is 8.78 Å². The summed E-state index contributed by atoms with van der Waals surface area (Å²) in [5, 5.41) is 8.83. The second kappa shape index (κ2) is 6.83. The summed E-state index contributed by atoms with van der Waals surface area (Å²) in [4.78, 5) is 16.9. The molecule has 2 aromatic rings. The van der Waals surface area contributed by atoms with Gasteiger partial charge in [-0.05, 0) is 25.0 Å². The summed E-state index contributed by atoms with van der Waals surface area (Å²) in [5.74, 6) is 1.38. The number of anilines is 2. The van der Waals surface area contributed by atoms with Crippen molar-refractivity contribution >= 4 is 11.5 Å². The van der Waals surface area contributed by atoms with Gasteiger partial charge in [-0.2, -0.15) is 5.26 Å². The fraction of sp³-hybridized carbons (Fsp3) is 0.444. The van der Waals surface area contributed by atoms with Gasteiger partial charge in [-0.15, -0.1) is 0 Å². The predicted molar refractivity (Wildman–Crippen MR) is 92.3 cm³/mol. The number of aromatic nitrogens is 3. The molecule has 1 aliphatic carbocycles. The first-order valence-corrected chi connectivity index (χ1v) is 8.67. The Morgan fingerprint density at radius 1 is 1.08 bits per heavy atom. The van der Waals surface area contributed by atoms with Gasteiger partial charge in [0.25, 0.3) is 6.43 Å². The molecule has 0 bridgehead atoms. The third kappa shape index (κ3) is 3.43. The molecule has 1 saturated heterocycles. The number of piperazine rings is 1. The van der Waals surface area contributed by atoms with Crippen LogP contribution in [0, 0.1) is 11.3 Å². The van der Waals surface area contributed by atoms with E-state index in [9.17, 15) is 8.78 Å². The van der Waals surface area contributed by atoms with Gasteiger partial charge >= 0.3 is 0 Å². The van der Waals surface area contributed by atoms with E-state index in [1.165, 1.54) is 6.07 Å². The Bertz CT molecular complexity index is 800. The van der Waals surface area contributed by atoms with E-state index in [0.717, 1.165) is 31.6 Å². The summed E-state index contributed by atoms with van der Waals surface area (Å²) in [6, 6.07) is 7.00. The Hall–Kier alpha value is -2.82. The number of alkyl halides is 2. The highest BCUT2D eigenvalue weighted by Crippen LogP contribution is 2.39. The Labute approximate surface area is 150 Å². The Kier molecular flexibility index (Phi) is 4.37. The van der Waals surface area contributed by atoms with Crippen LogP contribution in [0.3, 0.4) is 0 Å². The minimum absolute atomic E-state index is 0.185. The zero-order valence-electron chi connectivity index (χ0n) is 14.1. The predicted octanol–water partition coefficient (Wildman–Crippen LogP) is 2.88. The van der Waals surface area contributed by atoms with Crippen molar-refractivity contribution in [1.29, 1.82) is 5.26 Å². The monoisotopic (exact) mass is 356 g/mol.